The second kappa shape index (κ2) is 9.24. The standard InChI is InChI=1S/C17H14N4O5S5/c1-7-18-17(30-20-7)29-6-8-5-28-15-10(14(23)21(15)11(8)16(24)25)19-13(22)12(31-26)9-3-2-4-27-9/h2-4,10,15H,5-6H2,1H3,(H,19,22)(H,24,25)/t10?,15-/m1/s1. The van der Waals surface area contributed by atoms with E-state index >= 15 is 0 Å². The van der Waals surface area contributed by atoms with Gasteiger partial charge in [-0.2, -0.15) is 4.37 Å². The fourth-order valence-electron chi connectivity index (χ4n) is 3.09. The van der Waals surface area contributed by atoms with E-state index < -0.39 is 29.2 Å². The molecular formula is C17H14N4O5S5. The molecule has 1 fully saturated rings. The monoisotopic (exact) mass is 514 g/mol. The highest BCUT2D eigenvalue weighted by molar-refractivity contribution is 8.01. The maximum atomic E-state index is 12.7. The van der Waals surface area contributed by atoms with Crippen LogP contribution in [0.4, 0.5) is 0 Å². The molecular weight excluding hydrogens is 501 g/mol. The van der Waals surface area contributed by atoms with E-state index in [0.717, 1.165) is 4.34 Å². The summed E-state index contributed by atoms with van der Waals surface area (Å²) in [4.78, 5) is 43.2. The molecule has 1 saturated heterocycles. The molecule has 2 aromatic rings. The summed E-state index contributed by atoms with van der Waals surface area (Å²) in [6, 6.07) is 2.50. The first-order valence-electron chi connectivity index (χ1n) is 8.75. The van der Waals surface area contributed by atoms with Gasteiger partial charge < -0.3 is 10.4 Å². The number of carboxylic acid groups (broad SMARTS) is 1. The predicted molar refractivity (Wildman–Crippen MR) is 122 cm³/mol. The Morgan fingerprint density at radius 2 is 2.23 bits per heavy atom. The van der Waals surface area contributed by atoms with Crippen molar-refractivity contribution in [2.45, 2.75) is 22.7 Å². The molecule has 2 aromatic heterocycles. The van der Waals surface area contributed by atoms with Crippen LogP contribution in [0, 0.1) is 6.92 Å². The van der Waals surface area contributed by atoms with E-state index in [-0.39, 0.29) is 21.8 Å². The van der Waals surface area contributed by atoms with Crippen LogP contribution < -0.4 is 5.32 Å². The minimum absolute atomic E-state index is 0.0134. The smallest absolute Gasteiger partial charge is 0.352 e. The summed E-state index contributed by atoms with van der Waals surface area (Å²) in [6.45, 7) is 1.78. The third kappa shape index (κ3) is 4.35. The lowest BCUT2D eigenvalue weighted by Crippen LogP contribution is -2.71. The van der Waals surface area contributed by atoms with Crippen LogP contribution in [-0.2, 0) is 25.6 Å². The summed E-state index contributed by atoms with van der Waals surface area (Å²) in [5.41, 5.74) is 0.569. The number of carbonyl (C=O) groups excluding carboxylic acids is 2. The molecule has 0 spiro atoms. The molecule has 162 valence electrons. The van der Waals surface area contributed by atoms with Gasteiger partial charge in [-0.05, 0) is 35.5 Å². The molecule has 14 heteroatoms. The number of aliphatic carboxylic acids is 1. The fourth-order valence-corrected chi connectivity index (χ4v) is 7.41. The minimum atomic E-state index is -1.19. The van der Waals surface area contributed by atoms with Crippen molar-refractivity contribution in [2.75, 3.05) is 11.5 Å². The summed E-state index contributed by atoms with van der Waals surface area (Å²) < 4.78 is 16.3. The van der Waals surface area contributed by atoms with Gasteiger partial charge in [0.25, 0.3) is 11.8 Å². The fraction of sp³-hybridized carbons (Fsp3) is 0.294. The van der Waals surface area contributed by atoms with Gasteiger partial charge >= 0.3 is 5.97 Å². The number of hydrogen-bond acceptors (Lipinski definition) is 10. The molecule has 4 rings (SSSR count). The van der Waals surface area contributed by atoms with E-state index in [9.17, 15) is 23.7 Å². The first kappa shape index (κ1) is 22.2. The molecule has 2 aliphatic heterocycles. The molecule has 0 aromatic carbocycles. The van der Waals surface area contributed by atoms with Gasteiger partial charge in [-0.3, -0.25) is 14.5 Å². The van der Waals surface area contributed by atoms with Crippen LogP contribution >= 0.6 is 46.4 Å². The Balaban J connectivity index is 1.48. The maximum absolute atomic E-state index is 12.7. The number of nitrogens with one attached hydrogen (secondary N) is 1. The second-order valence-corrected chi connectivity index (χ2v) is 11.0. The summed E-state index contributed by atoms with van der Waals surface area (Å²) >= 11 is 5.33. The van der Waals surface area contributed by atoms with Crippen molar-refractivity contribution in [3.05, 3.63) is 39.5 Å². The SMILES string of the molecule is Cc1nsc(SCC2=C(C(=O)O)N3C(=O)C(NC(=O)C(=S=O)c4cccs4)[C@H]3SC2)n1. The van der Waals surface area contributed by atoms with E-state index in [2.05, 4.69) is 14.7 Å². The van der Waals surface area contributed by atoms with Crippen molar-refractivity contribution >= 4 is 80.3 Å². The van der Waals surface area contributed by atoms with Crippen molar-refractivity contribution in [3.8, 4) is 0 Å². The number of thiophene rings is 1. The quantitative estimate of drug-likeness (QED) is 0.242. The Hall–Kier alpha value is -2.00. The van der Waals surface area contributed by atoms with Gasteiger partial charge in [0.1, 0.15) is 39.1 Å². The minimum Gasteiger partial charge on any atom is -0.477 e. The molecule has 0 bridgehead atoms. The lowest BCUT2D eigenvalue weighted by molar-refractivity contribution is -0.150. The van der Waals surface area contributed by atoms with Crippen molar-refractivity contribution in [2.24, 2.45) is 0 Å². The zero-order valence-corrected chi connectivity index (χ0v) is 19.8. The first-order chi connectivity index (χ1) is 14.9. The number of aryl methyl sites for hydroxylation is 1. The van der Waals surface area contributed by atoms with Crippen LogP contribution in [0.5, 0.6) is 0 Å². The number of nitrogens with zero attached hydrogens (tertiary/aromatic N) is 3. The molecule has 2 N–H and O–H groups in total. The molecule has 0 radical (unpaired) electrons. The van der Waals surface area contributed by atoms with Crippen LogP contribution in [-0.4, -0.2) is 69.1 Å². The topological polar surface area (TPSA) is 130 Å². The number of thioether (sulfide) groups is 2. The molecule has 0 aliphatic carbocycles. The predicted octanol–water partition coefficient (Wildman–Crippen LogP) is 1.17. The van der Waals surface area contributed by atoms with Gasteiger partial charge in [0.2, 0.25) is 0 Å². The molecule has 1 unspecified atom stereocenters. The Morgan fingerprint density at radius 1 is 1.42 bits per heavy atom. The molecule has 2 atom stereocenters. The molecule has 4 heterocycles. The van der Waals surface area contributed by atoms with Crippen molar-refractivity contribution < 1.29 is 23.7 Å². The van der Waals surface area contributed by atoms with Crippen LogP contribution in [0.25, 0.3) is 0 Å². The van der Waals surface area contributed by atoms with E-state index in [1.165, 1.54) is 51.3 Å². The van der Waals surface area contributed by atoms with Gasteiger partial charge in [0.05, 0.1) is 4.88 Å². The van der Waals surface area contributed by atoms with E-state index in [4.69, 9.17) is 0 Å². The second-order valence-electron chi connectivity index (χ2n) is 6.40. The third-order valence-electron chi connectivity index (χ3n) is 4.45. The van der Waals surface area contributed by atoms with Crippen LogP contribution in [0.2, 0.25) is 0 Å². The van der Waals surface area contributed by atoms with Crippen molar-refractivity contribution in [1.29, 1.82) is 0 Å². The lowest BCUT2D eigenvalue weighted by atomic mass is 10.0. The van der Waals surface area contributed by atoms with Gasteiger partial charge in [-0.1, -0.05) is 17.8 Å². The Kier molecular flexibility index (Phi) is 6.62. The highest BCUT2D eigenvalue weighted by Gasteiger charge is 2.54. The van der Waals surface area contributed by atoms with E-state index in [0.29, 0.717) is 27.8 Å². The highest BCUT2D eigenvalue weighted by Crippen LogP contribution is 2.41. The third-order valence-corrected chi connectivity index (χ3v) is 9.39. The summed E-state index contributed by atoms with van der Waals surface area (Å²) in [6.07, 6.45) is 0. The molecule has 0 saturated carbocycles. The number of carboxylic acids is 1. The van der Waals surface area contributed by atoms with Crippen LogP contribution in [0.1, 0.15) is 10.7 Å². The number of aromatic nitrogens is 2. The molecule has 31 heavy (non-hydrogen) atoms. The van der Waals surface area contributed by atoms with Gasteiger partial charge in [-0.25, -0.2) is 14.0 Å². The number of carbonyl (C=O) groups is 3. The lowest BCUT2D eigenvalue weighted by Gasteiger charge is -2.49. The summed E-state index contributed by atoms with van der Waals surface area (Å²) in [7, 11) is 0. The summed E-state index contributed by atoms with van der Waals surface area (Å²) in [5, 5.41) is 13.6. The number of rotatable bonds is 7. The molecule has 2 aliphatic rings. The normalized spacial score (nSPS) is 20.2. The van der Waals surface area contributed by atoms with Gasteiger partial charge in [-0.15, -0.1) is 23.1 Å². The summed E-state index contributed by atoms with van der Waals surface area (Å²) in [5.74, 6) is -0.878. The van der Waals surface area contributed by atoms with Crippen molar-refractivity contribution in [1.82, 2.24) is 19.6 Å². The van der Waals surface area contributed by atoms with Crippen LogP contribution in [0.15, 0.2) is 33.1 Å². The average molecular weight is 515 g/mol. The Morgan fingerprint density at radius 3 is 2.84 bits per heavy atom. The van der Waals surface area contributed by atoms with Gasteiger partial charge in [0, 0.05) is 11.5 Å². The zero-order chi connectivity index (χ0) is 22.1. The largest absolute Gasteiger partial charge is 0.477 e. The average Bonchev–Trinajstić information content (AvgIpc) is 3.42. The first-order valence-corrected chi connectivity index (χ1v) is 13.2. The Labute approximate surface area is 196 Å². The number of amides is 2. The maximum Gasteiger partial charge on any atom is 0.352 e. The van der Waals surface area contributed by atoms with Crippen molar-refractivity contribution in [3.63, 3.8) is 0 Å². The zero-order valence-electron chi connectivity index (χ0n) is 15.8. The number of hydrogen-bond donors (Lipinski definition) is 2. The molecule has 9 nitrogen and oxygen atoms in total. The Bertz CT molecular complexity index is 1140. The van der Waals surface area contributed by atoms with Crippen LogP contribution in [0.3, 0.4) is 0 Å². The number of fused-ring (bicyclic) bond motifs is 1. The highest BCUT2D eigenvalue weighted by atomic mass is 32.2. The van der Waals surface area contributed by atoms with Gasteiger partial charge in [0.15, 0.2) is 4.34 Å². The number of β-lactam (4-membered cyclic amide) rings is 1. The van der Waals surface area contributed by atoms with E-state index in [1.807, 2.05) is 0 Å². The molecule has 2 amide bonds. The van der Waals surface area contributed by atoms with E-state index in [1.54, 1.807) is 24.4 Å².